The molecule has 3 rings (SSSR count). The highest BCUT2D eigenvalue weighted by Crippen LogP contribution is 2.47. The average molecular weight is 382 g/mol. The molecular formula is C20H21F3O4. The highest BCUT2D eigenvalue weighted by molar-refractivity contribution is 5.26. The van der Waals surface area contributed by atoms with Gasteiger partial charge in [-0.2, -0.15) is 13.2 Å². The number of alkyl halides is 3. The number of hydrogen-bond donors (Lipinski definition) is 3. The third-order valence-electron chi connectivity index (χ3n) is 5.00. The van der Waals surface area contributed by atoms with E-state index in [0.29, 0.717) is 11.1 Å². The molecule has 7 heteroatoms. The summed E-state index contributed by atoms with van der Waals surface area (Å²) in [6.07, 6.45) is -10.8. The lowest BCUT2D eigenvalue weighted by atomic mass is 9.68. The molecule has 2 aromatic rings. The van der Waals surface area contributed by atoms with Crippen molar-refractivity contribution in [3.8, 4) is 0 Å². The van der Waals surface area contributed by atoms with E-state index in [0.717, 1.165) is 0 Å². The summed E-state index contributed by atoms with van der Waals surface area (Å²) >= 11 is 0. The van der Waals surface area contributed by atoms with Gasteiger partial charge in [-0.1, -0.05) is 60.7 Å². The Labute approximate surface area is 154 Å². The highest BCUT2D eigenvalue weighted by atomic mass is 19.4. The minimum atomic E-state index is -4.98. The fourth-order valence-corrected chi connectivity index (χ4v) is 3.70. The Morgan fingerprint density at radius 3 is 1.85 bits per heavy atom. The maximum absolute atomic E-state index is 13.7. The summed E-state index contributed by atoms with van der Waals surface area (Å²) in [5, 5.41) is 32.3. The Bertz CT molecular complexity index is 753. The Morgan fingerprint density at radius 1 is 0.889 bits per heavy atom. The van der Waals surface area contributed by atoms with Crippen molar-refractivity contribution < 1.29 is 33.2 Å². The Balaban J connectivity index is 2.06. The first-order valence-corrected chi connectivity index (χ1v) is 8.57. The zero-order valence-corrected chi connectivity index (χ0v) is 14.4. The van der Waals surface area contributed by atoms with Crippen molar-refractivity contribution in [2.75, 3.05) is 0 Å². The van der Waals surface area contributed by atoms with Crippen molar-refractivity contribution in [2.24, 2.45) is 0 Å². The molecule has 146 valence electrons. The van der Waals surface area contributed by atoms with Gasteiger partial charge in [0.1, 0.15) is 11.2 Å². The highest BCUT2D eigenvalue weighted by Gasteiger charge is 2.67. The van der Waals surface area contributed by atoms with Crippen molar-refractivity contribution >= 4 is 0 Å². The zero-order chi connectivity index (χ0) is 19.7. The molecule has 0 aliphatic carbocycles. The lowest BCUT2D eigenvalue weighted by molar-refractivity contribution is -0.372. The van der Waals surface area contributed by atoms with Crippen LogP contribution in [0.1, 0.15) is 17.5 Å². The second-order valence-corrected chi connectivity index (χ2v) is 7.00. The molecular weight excluding hydrogens is 361 g/mol. The van der Waals surface area contributed by atoms with E-state index in [1.54, 1.807) is 60.7 Å². The molecule has 0 spiro atoms. The van der Waals surface area contributed by atoms with Crippen LogP contribution in [-0.4, -0.2) is 45.1 Å². The van der Waals surface area contributed by atoms with Crippen LogP contribution in [0.15, 0.2) is 60.7 Å². The summed E-state index contributed by atoms with van der Waals surface area (Å²) in [6, 6.07) is 16.5. The summed E-state index contributed by atoms with van der Waals surface area (Å²) in [5.74, 6) is 0. The molecule has 27 heavy (non-hydrogen) atoms. The molecule has 1 heterocycles. The standard InChI is InChI=1S/C20H21F3O4/c21-20(22,23)17-19(26,12-15-9-5-2-6-10-15)18(25,13-16(24)27-17)11-14-7-3-1-4-8-14/h1-10,16-17,24-26H,11-13H2/t16-,17-,18+,19-/m0/s1. The molecule has 0 unspecified atom stereocenters. The number of ether oxygens (including phenoxy) is 1. The summed E-state index contributed by atoms with van der Waals surface area (Å²) in [5.41, 5.74) is -3.97. The third-order valence-corrected chi connectivity index (χ3v) is 5.00. The van der Waals surface area contributed by atoms with E-state index in [2.05, 4.69) is 0 Å². The van der Waals surface area contributed by atoms with Gasteiger partial charge in [0.25, 0.3) is 0 Å². The maximum Gasteiger partial charge on any atom is 0.417 e. The predicted octanol–water partition coefficient (Wildman–Crippen LogP) is 2.60. The normalized spacial score (nSPS) is 31.6. The minimum absolute atomic E-state index is 0.260. The predicted molar refractivity (Wildman–Crippen MR) is 91.7 cm³/mol. The molecule has 0 saturated carbocycles. The van der Waals surface area contributed by atoms with Crippen LogP contribution in [-0.2, 0) is 17.6 Å². The number of rotatable bonds is 4. The molecule has 1 saturated heterocycles. The maximum atomic E-state index is 13.7. The van der Waals surface area contributed by atoms with E-state index in [1.807, 2.05) is 0 Å². The van der Waals surface area contributed by atoms with Crippen molar-refractivity contribution in [1.82, 2.24) is 0 Å². The second-order valence-electron chi connectivity index (χ2n) is 7.00. The topological polar surface area (TPSA) is 69.9 Å². The Hall–Kier alpha value is -1.93. The first-order chi connectivity index (χ1) is 12.6. The van der Waals surface area contributed by atoms with Crippen LogP contribution < -0.4 is 0 Å². The van der Waals surface area contributed by atoms with Gasteiger partial charge in [-0.05, 0) is 11.1 Å². The molecule has 1 aliphatic heterocycles. The van der Waals surface area contributed by atoms with Crippen LogP contribution in [0.2, 0.25) is 0 Å². The second kappa shape index (κ2) is 7.24. The van der Waals surface area contributed by atoms with E-state index < -0.39 is 42.6 Å². The van der Waals surface area contributed by atoms with Gasteiger partial charge in [-0.25, -0.2) is 0 Å². The van der Waals surface area contributed by atoms with E-state index in [4.69, 9.17) is 4.74 Å². The van der Waals surface area contributed by atoms with Gasteiger partial charge < -0.3 is 20.1 Å². The molecule has 0 radical (unpaired) electrons. The number of halogens is 3. The number of aliphatic hydroxyl groups excluding tert-OH is 1. The van der Waals surface area contributed by atoms with E-state index >= 15 is 0 Å². The van der Waals surface area contributed by atoms with Crippen LogP contribution in [0.25, 0.3) is 0 Å². The molecule has 4 atom stereocenters. The fraction of sp³-hybridized carbons (Fsp3) is 0.400. The van der Waals surface area contributed by atoms with Crippen LogP contribution >= 0.6 is 0 Å². The van der Waals surface area contributed by atoms with Gasteiger partial charge >= 0.3 is 6.18 Å². The van der Waals surface area contributed by atoms with Crippen molar-refractivity contribution in [3.63, 3.8) is 0 Å². The summed E-state index contributed by atoms with van der Waals surface area (Å²) in [6.45, 7) is 0. The van der Waals surface area contributed by atoms with Gasteiger partial charge in [0.2, 0.25) is 0 Å². The first kappa shape index (κ1) is 19.8. The lowest BCUT2D eigenvalue weighted by Crippen LogP contribution is -2.72. The van der Waals surface area contributed by atoms with Gasteiger partial charge in [-0.15, -0.1) is 0 Å². The number of aliphatic hydroxyl groups is 3. The molecule has 2 aromatic carbocycles. The fourth-order valence-electron chi connectivity index (χ4n) is 3.70. The molecule has 0 aromatic heterocycles. The van der Waals surface area contributed by atoms with Crippen molar-refractivity contribution in [3.05, 3.63) is 71.8 Å². The summed E-state index contributed by atoms with van der Waals surface area (Å²) < 4.78 is 45.8. The van der Waals surface area contributed by atoms with Crippen LogP contribution in [0.3, 0.4) is 0 Å². The monoisotopic (exact) mass is 382 g/mol. The van der Waals surface area contributed by atoms with Crippen molar-refractivity contribution in [1.29, 1.82) is 0 Å². The molecule has 0 bridgehead atoms. The van der Waals surface area contributed by atoms with Crippen LogP contribution in [0.5, 0.6) is 0 Å². The van der Waals surface area contributed by atoms with E-state index in [-0.39, 0.29) is 6.42 Å². The van der Waals surface area contributed by atoms with Gasteiger partial charge in [0, 0.05) is 19.3 Å². The molecule has 1 aliphatic rings. The average Bonchev–Trinajstić information content (AvgIpc) is 2.59. The Kier molecular flexibility index (Phi) is 5.31. The summed E-state index contributed by atoms with van der Waals surface area (Å²) in [7, 11) is 0. The lowest BCUT2D eigenvalue weighted by Gasteiger charge is -2.52. The van der Waals surface area contributed by atoms with E-state index in [1.165, 1.54) is 0 Å². The minimum Gasteiger partial charge on any atom is -0.386 e. The SMILES string of the molecule is O[C@@H]1C[C@](O)(Cc2ccccc2)[C@](O)(Cc2ccccc2)[C@@H](C(F)(F)F)O1. The van der Waals surface area contributed by atoms with Crippen molar-refractivity contribution in [2.45, 2.75) is 49.0 Å². The molecule has 3 N–H and O–H groups in total. The van der Waals surface area contributed by atoms with Gasteiger partial charge in [-0.3, -0.25) is 0 Å². The van der Waals surface area contributed by atoms with Crippen LogP contribution in [0.4, 0.5) is 13.2 Å². The van der Waals surface area contributed by atoms with Crippen LogP contribution in [0, 0.1) is 0 Å². The largest absolute Gasteiger partial charge is 0.417 e. The Morgan fingerprint density at radius 2 is 1.37 bits per heavy atom. The van der Waals surface area contributed by atoms with Gasteiger partial charge in [0.15, 0.2) is 12.4 Å². The summed E-state index contributed by atoms with van der Waals surface area (Å²) in [4.78, 5) is 0. The smallest absolute Gasteiger partial charge is 0.386 e. The number of hydrogen-bond acceptors (Lipinski definition) is 4. The third kappa shape index (κ3) is 4.01. The first-order valence-electron chi connectivity index (χ1n) is 8.57. The molecule has 0 amide bonds. The number of benzene rings is 2. The molecule has 1 fully saturated rings. The van der Waals surface area contributed by atoms with Gasteiger partial charge in [0.05, 0.1) is 0 Å². The molecule has 4 nitrogen and oxygen atoms in total. The quantitative estimate of drug-likeness (QED) is 0.760. The zero-order valence-electron chi connectivity index (χ0n) is 14.4. The van der Waals surface area contributed by atoms with E-state index in [9.17, 15) is 28.5 Å².